The molecule has 0 fully saturated rings. The minimum Gasteiger partial charge on any atom is -0.309 e. The molecule has 514 valence electrons. The van der Waals surface area contributed by atoms with E-state index in [-0.39, 0.29) is 16.2 Å². The number of hydrogen-bond acceptors (Lipinski definition) is 3. The van der Waals surface area contributed by atoms with E-state index in [1.807, 2.05) is 6.07 Å². The Morgan fingerprint density at radius 3 is 0.881 bits per heavy atom. The van der Waals surface area contributed by atoms with Gasteiger partial charge in [0.15, 0.2) is 11.6 Å². The summed E-state index contributed by atoms with van der Waals surface area (Å²) in [4.78, 5) is 16.3. The smallest absolute Gasteiger partial charge is 0.238 e. The second kappa shape index (κ2) is 22.3. The summed E-state index contributed by atoms with van der Waals surface area (Å²) in [7, 11) is 0. The highest BCUT2D eigenvalue weighted by Gasteiger charge is 2.39. The molecule has 7 nitrogen and oxygen atoms in total. The summed E-state index contributed by atoms with van der Waals surface area (Å²) in [5.74, 6) is 1.79. The quantitative estimate of drug-likeness (QED) is 0.152. The van der Waals surface area contributed by atoms with Gasteiger partial charge >= 0.3 is 0 Å². The zero-order chi connectivity index (χ0) is 72.5. The summed E-state index contributed by atoms with van der Waals surface area (Å²) in [5.41, 5.74) is 34.4. The van der Waals surface area contributed by atoms with Crippen LogP contribution in [0.15, 0.2) is 322 Å². The van der Waals surface area contributed by atoms with Crippen LogP contribution < -0.4 is 0 Å². The van der Waals surface area contributed by atoms with Crippen LogP contribution in [0.4, 0.5) is 0 Å². The molecule has 0 N–H and O–H groups in total. The Morgan fingerprint density at radius 2 is 0.477 bits per heavy atom. The van der Waals surface area contributed by atoms with Crippen molar-refractivity contribution in [1.82, 2.24) is 33.2 Å². The average molecular weight is 1390 g/mol. The maximum atomic E-state index is 5.52. The lowest BCUT2D eigenvalue weighted by molar-refractivity contribution is 0.660. The first-order valence-electron chi connectivity index (χ1n) is 38.1. The summed E-state index contributed by atoms with van der Waals surface area (Å²) in [6, 6.07) is 119. The second-order valence-electron chi connectivity index (χ2n) is 31.9. The Hall–Kier alpha value is -13.5. The fourth-order valence-electron chi connectivity index (χ4n) is 19.6. The van der Waals surface area contributed by atoms with Gasteiger partial charge in [0.1, 0.15) is 0 Å². The second-order valence-corrected chi connectivity index (χ2v) is 31.9. The highest BCUT2D eigenvalue weighted by atomic mass is 15.2. The molecule has 0 saturated carbocycles. The standard InChI is InChI=1S/C102H71N7/c1-100(2)83-30-16-10-24-69(83)72-45-41-66(57-86(72)100)106-89-32-18-12-26-75(89)79-52-61(37-48-93(79)106)62-38-49-95-80(53-62)77-28-14-20-34-91(77)108(95)68-43-47-74-71-44-36-65(56-85(71)102(5,6)88(74)59-68)98-103-97(60-22-8-7-9-23-60)104-99(105-98)109-92-35-21-15-29-78(92)82-55-64(40-51-96(82)109)63-39-50-94-81(54-63)76-27-13-19-33-90(76)107(94)67-42-46-73-70-25-11-17-31-84(70)101(3,4)87(73)58-67/h7-59H,1-6H3. The van der Waals surface area contributed by atoms with Crippen LogP contribution >= 0.6 is 0 Å². The van der Waals surface area contributed by atoms with Gasteiger partial charge in [-0.25, -0.2) is 4.98 Å². The lowest BCUT2D eigenvalue weighted by Gasteiger charge is -2.23. The van der Waals surface area contributed by atoms with Crippen molar-refractivity contribution in [2.75, 3.05) is 0 Å². The van der Waals surface area contributed by atoms with Gasteiger partial charge in [-0.15, -0.1) is 0 Å². The molecule has 0 amide bonds. The Kier molecular flexibility index (Phi) is 12.6. The van der Waals surface area contributed by atoms with E-state index in [1.165, 1.54) is 155 Å². The molecule has 0 bridgehead atoms. The molecule has 0 saturated heterocycles. The van der Waals surface area contributed by atoms with Gasteiger partial charge in [0.05, 0.1) is 44.1 Å². The molecule has 0 spiro atoms. The van der Waals surface area contributed by atoms with Gasteiger partial charge in [0.25, 0.3) is 0 Å². The minimum absolute atomic E-state index is 0.0980. The average Bonchev–Trinajstić information content (AvgIpc) is 1.58. The fraction of sp³-hybridized carbons (Fsp3) is 0.0882. The maximum absolute atomic E-state index is 5.52. The van der Waals surface area contributed by atoms with E-state index in [0.717, 1.165) is 49.7 Å². The van der Waals surface area contributed by atoms with Crippen LogP contribution in [0, 0.1) is 0 Å². The lowest BCUT2D eigenvalue weighted by Crippen LogP contribution is -2.15. The third-order valence-electron chi connectivity index (χ3n) is 25.0. The number of hydrogen-bond donors (Lipinski definition) is 0. The van der Waals surface area contributed by atoms with Crippen molar-refractivity contribution >= 4 is 87.2 Å². The molecule has 3 aliphatic rings. The molecule has 5 aromatic heterocycles. The summed E-state index contributed by atoms with van der Waals surface area (Å²) >= 11 is 0. The summed E-state index contributed by atoms with van der Waals surface area (Å²) < 4.78 is 9.62. The minimum atomic E-state index is -0.370. The summed E-state index contributed by atoms with van der Waals surface area (Å²) in [6.07, 6.45) is 0. The predicted octanol–water partition coefficient (Wildman–Crippen LogP) is 25.8. The van der Waals surface area contributed by atoms with Gasteiger partial charge < -0.3 is 13.7 Å². The highest BCUT2D eigenvalue weighted by Crippen LogP contribution is 2.54. The van der Waals surface area contributed by atoms with Crippen LogP contribution in [0.5, 0.6) is 0 Å². The van der Waals surface area contributed by atoms with Crippen LogP contribution in [-0.4, -0.2) is 33.2 Å². The molecule has 5 heterocycles. The molecule has 0 atom stereocenters. The topological polar surface area (TPSA) is 58.4 Å². The molecular weight excluding hydrogens is 1320 g/mol. The van der Waals surface area contributed by atoms with E-state index in [1.54, 1.807) is 0 Å². The van der Waals surface area contributed by atoms with Gasteiger partial charge in [-0.3, -0.25) is 4.57 Å². The van der Waals surface area contributed by atoms with E-state index in [0.29, 0.717) is 17.6 Å². The summed E-state index contributed by atoms with van der Waals surface area (Å²) in [5, 5.41) is 9.63. The first kappa shape index (κ1) is 61.8. The number of aromatic nitrogens is 7. The molecule has 7 heteroatoms. The number of benzene rings is 15. The monoisotopic (exact) mass is 1390 g/mol. The molecule has 109 heavy (non-hydrogen) atoms. The van der Waals surface area contributed by atoms with Crippen LogP contribution in [0.3, 0.4) is 0 Å². The molecule has 3 aliphatic carbocycles. The van der Waals surface area contributed by atoms with Gasteiger partial charge in [-0.05, 0) is 204 Å². The zero-order valence-electron chi connectivity index (χ0n) is 61.2. The number of fused-ring (bicyclic) bond motifs is 21. The number of para-hydroxylation sites is 4. The van der Waals surface area contributed by atoms with E-state index in [2.05, 4.69) is 375 Å². The van der Waals surface area contributed by atoms with E-state index in [4.69, 9.17) is 15.0 Å². The third kappa shape index (κ3) is 8.72. The van der Waals surface area contributed by atoms with Crippen molar-refractivity contribution in [3.05, 3.63) is 355 Å². The van der Waals surface area contributed by atoms with Crippen LogP contribution in [0.25, 0.3) is 189 Å². The number of nitrogens with zero attached hydrogens (tertiary/aromatic N) is 7. The molecule has 23 rings (SSSR count). The van der Waals surface area contributed by atoms with Crippen molar-refractivity contribution in [1.29, 1.82) is 0 Å². The molecule has 20 aromatic rings. The Bertz CT molecular complexity index is 7390. The van der Waals surface area contributed by atoms with E-state index >= 15 is 0 Å². The zero-order valence-corrected chi connectivity index (χ0v) is 61.2. The van der Waals surface area contributed by atoms with Crippen LogP contribution in [0.1, 0.15) is 74.9 Å². The van der Waals surface area contributed by atoms with Crippen molar-refractivity contribution in [2.45, 2.75) is 57.8 Å². The van der Waals surface area contributed by atoms with Gasteiger partial charge in [-0.2, -0.15) is 9.97 Å². The third-order valence-corrected chi connectivity index (χ3v) is 25.0. The lowest BCUT2D eigenvalue weighted by atomic mass is 9.82. The fourth-order valence-corrected chi connectivity index (χ4v) is 19.6. The first-order chi connectivity index (χ1) is 53.3. The van der Waals surface area contributed by atoms with Crippen LogP contribution in [0.2, 0.25) is 0 Å². The Morgan fingerprint density at radius 1 is 0.193 bits per heavy atom. The molecular formula is C102H71N7. The molecule has 15 aromatic carbocycles. The largest absolute Gasteiger partial charge is 0.309 e. The van der Waals surface area contributed by atoms with Gasteiger partial charge in [0, 0.05) is 87.5 Å². The first-order valence-corrected chi connectivity index (χ1v) is 38.1. The highest BCUT2D eigenvalue weighted by molar-refractivity contribution is 6.15. The molecule has 0 unspecified atom stereocenters. The Balaban J connectivity index is 0.589. The van der Waals surface area contributed by atoms with Crippen LogP contribution in [-0.2, 0) is 16.2 Å². The summed E-state index contributed by atoms with van der Waals surface area (Å²) in [6.45, 7) is 14.2. The van der Waals surface area contributed by atoms with Crippen molar-refractivity contribution < 1.29 is 0 Å². The Labute approximate surface area is 630 Å². The predicted molar refractivity (Wildman–Crippen MR) is 452 cm³/mol. The number of rotatable bonds is 8. The normalized spacial score (nSPS) is 14.2. The van der Waals surface area contributed by atoms with Gasteiger partial charge in [0.2, 0.25) is 5.95 Å². The SMILES string of the molecule is CC1(C)c2ccccc2-c2ccc(-n3c4ccccc4c4cc(-c5ccc6c(c5)c5ccccc5n6-c5ccc6c(c5)C(C)(C)c5cc(-c7nc(-c8ccccc8)nc(-n8c9ccccc9c9cc(-c%10ccc%11c(c%10)c%10ccccc%10n%11-c%10ccc%11c(c%10)C(C)(C)c%10ccccc%10-%11)ccc98)n7)ccc5-6)ccc43)cc21. The van der Waals surface area contributed by atoms with Crippen molar-refractivity contribution in [3.63, 3.8) is 0 Å². The van der Waals surface area contributed by atoms with Crippen molar-refractivity contribution in [2.24, 2.45) is 0 Å². The van der Waals surface area contributed by atoms with Crippen molar-refractivity contribution in [3.8, 4) is 101 Å². The molecule has 0 aliphatic heterocycles. The van der Waals surface area contributed by atoms with Gasteiger partial charge in [-0.1, -0.05) is 248 Å². The maximum Gasteiger partial charge on any atom is 0.238 e. The molecule has 0 radical (unpaired) electrons. The van der Waals surface area contributed by atoms with E-state index in [9.17, 15) is 0 Å². The van der Waals surface area contributed by atoms with E-state index < -0.39 is 0 Å².